The SMILES string of the molecule is CCC1=C(I)[C@H](O[Si](c2ccccc2)(c2ccccc2)C(C)(C)C)[C@@H]2OC(C)(C)O[C@H]12. The third kappa shape index (κ3) is 3.97. The third-order valence-corrected chi connectivity index (χ3v) is 12.7. The monoisotopic (exact) mass is 548 g/mol. The molecule has 1 aliphatic heterocycles. The molecule has 0 radical (unpaired) electrons. The van der Waals surface area contributed by atoms with E-state index in [2.05, 4.69) is 111 Å². The molecule has 0 saturated carbocycles. The molecule has 31 heavy (non-hydrogen) atoms. The first-order chi connectivity index (χ1) is 14.6. The van der Waals surface area contributed by atoms with Crippen LogP contribution in [0.3, 0.4) is 0 Å². The van der Waals surface area contributed by atoms with Gasteiger partial charge < -0.3 is 13.9 Å². The van der Waals surface area contributed by atoms with Crippen molar-refractivity contribution < 1.29 is 13.9 Å². The fourth-order valence-electron chi connectivity index (χ4n) is 5.11. The minimum Gasteiger partial charge on any atom is -0.397 e. The van der Waals surface area contributed by atoms with Crippen LogP contribution in [0.15, 0.2) is 69.8 Å². The number of hydrogen-bond donors (Lipinski definition) is 0. The molecular formula is C26H33IO3Si. The summed E-state index contributed by atoms with van der Waals surface area (Å²) in [6, 6.07) is 21.6. The molecule has 1 aliphatic carbocycles. The van der Waals surface area contributed by atoms with Gasteiger partial charge in [0, 0.05) is 3.58 Å². The number of ether oxygens (including phenoxy) is 2. The zero-order chi connectivity index (χ0) is 22.4. The second-order valence-electron chi connectivity index (χ2n) is 9.95. The second kappa shape index (κ2) is 8.41. The number of hydrogen-bond acceptors (Lipinski definition) is 3. The molecular weight excluding hydrogens is 515 g/mol. The van der Waals surface area contributed by atoms with Gasteiger partial charge in [0.2, 0.25) is 0 Å². The third-order valence-electron chi connectivity index (χ3n) is 6.43. The smallest absolute Gasteiger partial charge is 0.262 e. The van der Waals surface area contributed by atoms with Gasteiger partial charge in [0.15, 0.2) is 5.79 Å². The molecule has 0 amide bonds. The van der Waals surface area contributed by atoms with Gasteiger partial charge in [0.05, 0.1) is 0 Å². The summed E-state index contributed by atoms with van der Waals surface area (Å²) in [5, 5.41) is 2.50. The molecule has 1 fully saturated rings. The van der Waals surface area contributed by atoms with Crippen LogP contribution in [0.25, 0.3) is 0 Å². The first kappa shape index (κ1) is 23.2. The van der Waals surface area contributed by atoms with E-state index in [4.69, 9.17) is 13.9 Å². The number of rotatable bonds is 5. The van der Waals surface area contributed by atoms with Crippen LogP contribution in [-0.4, -0.2) is 32.4 Å². The summed E-state index contributed by atoms with van der Waals surface area (Å²) in [5.74, 6) is -0.597. The molecule has 3 atom stereocenters. The summed E-state index contributed by atoms with van der Waals surface area (Å²) in [7, 11) is -2.68. The lowest BCUT2D eigenvalue weighted by Crippen LogP contribution is -2.68. The second-order valence-corrected chi connectivity index (χ2v) is 15.4. The predicted octanol–water partition coefficient (Wildman–Crippen LogP) is 5.56. The van der Waals surface area contributed by atoms with Gasteiger partial charge in [-0.15, -0.1) is 0 Å². The lowest BCUT2D eigenvalue weighted by atomic mass is 10.1. The van der Waals surface area contributed by atoms with E-state index in [0.29, 0.717) is 0 Å². The normalized spacial score (nSPS) is 25.7. The highest BCUT2D eigenvalue weighted by Gasteiger charge is 2.58. The van der Waals surface area contributed by atoms with E-state index in [1.54, 1.807) is 0 Å². The standard InChI is InChI=1S/C26H33IO3Si/c1-7-20-21(27)23(24-22(20)28-26(5,6)29-24)30-31(25(2,3)4,18-14-10-8-11-15-18)19-16-12-9-13-17-19/h8-17,22-24H,7H2,1-6H3/t22-,23+,24-/m1/s1. The molecule has 0 spiro atoms. The Morgan fingerprint density at radius 1 is 0.935 bits per heavy atom. The Morgan fingerprint density at radius 3 is 1.90 bits per heavy atom. The highest BCUT2D eigenvalue weighted by atomic mass is 127. The molecule has 0 N–H and O–H groups in total. The average Bonchev–Trinajstić information content (AvgIpc) is 3.15. The maximum atomic E-state index is 7.46. The molecule has 1 saturated heterocycles. The molecule has 0 bridgehead atoms. The Bertz CT molecular complexity index is 910. The van der Waals surface area contributed by atoms with E-state index in [-0.39, 0.29) is 23.4 Å². The average molecular weight is 549 g/mol. The summed E-state index contributed by atoms with van der Waals surface area (Å²) >= 11 is 2.48. The van der Waals surface area contributed by atoms with Crippen LogP contribution in [0, 0.1) is 0 Å². The molecule has 0 aromatic heterocycles. The van der Waals surface area contributed by atoms with Gasteiger partial charge >= 0.3 is 0 Å². The summed E-state index contributed by atoms with van der Waals surface area (Å²) in [6.07, 6.45) is 0.668. The maximum Gasteiger partial charge on any atom is 0.262 e. The van der Waals surface area contributed by atoms with Gasteiger partial charge in [-0.25, -0.2) is 0 Å². The van der Waals surface area contributed by atoms with Crippen molar-refractivity contribution in [1.82, 2.24) is 0 Å². The van der Waals surface area contributed by atoms with Gasteiger partial charge in [0.25, 0.3) is 8.32 Å². The number of fused-ring (bicyclic) bond motifs is 1. The summed E-state index contributed by atoms with van der Waals surface area (Å²) < 4.78 is 21.5. The van der Waals surface area contributed by atoms with Crippen molar-refractivity contribution in [2.75, 3.05) is 0 Å². The fraction of sp³-hybridized carbons (Fsp3) is 0.462. The molecule has 2 aliphatic rings. The Morgan fingerprint density at radius 2 is 1.45 bits per heavy atom. The van der Waals surface area contributed by atoms with E-state index in [1.165, 1.54) is 19.5 Å². The molecule has 3 nitrogen and oxygen atoms in total. The molecule has 4 rings (SSSR count). The lowest BCUT2D eigenvalue weighted by molar-refractivity contribution is -0.152. The van der Waals surface area contributed by atoms with Crippen LogP contribution in [0.5, 0.6) is 0 Å². The first-order valence-corrected chi connectivity index (χ1v) is 14.1. The van der Waals surface area contributed by atoms with Crippen LogP contribution in [0.1, 0.15) is 48.0 Å². The van der Waals surface area contributed by atoms with E-state index < -0.39 is 14.1 Å². The Balaban J connectivity index is 1.89. The summed E-state index contributed by atoms with van der Waals surface area (Å²) in [6.45, 7) is 13.2. The first-order valence-electron chi connectivity index (χ1n) is 11.1. The van der Waals surface area contributed by atoms with Crippen LogP contribution < -0.4 is 10.4 Å². The molecule has 2 aromatic rings. The van der Waals surface area contributed by atoms with Crippen molar-refractivity contribution in [2.45, 2.75) is 77.1 Å². The Hall–Kier alpha value is -0.993. The van der Waals surface area contributed by atoms with Crippen molar-refractivity contribution in [2.24, 2.45) is 0 Å². The van der Waals surface area contributed by atoms with Crippen LogP contribution in [0.4, 0.5) is 0 Å². The summed E-state index contributed by atoms with van der Waals surface area (Å²) in [5.41, 5.74) is 1.32. The van der Waals surface area contributed by atoms with Crippen LogP contribution >= 0.6 is 22.6 Å². The topological polar surface area (TPSA) is 27.7 Å². The van der Waals surface area contributed by atoms with Crippen molar-refractivity contribution in [3.05, 3.63) is 69.8 Å². The van der Waals surface area contributed by atoms with Crippen LogP contribution in [0.2, 0.25) is 5.04 Å². The van der Waals surface area contributed by atoms with Gasteiger partial charge in [-0.05, 0) is 63.8 Å². The molecule has 5 heteroatoms. The molecule has 1 heterocycles. The van der Waals surface area contributed by atoms with Crippen molar-refractivity contribution in [3.8, 4) is 0 Å². The zero-order valence-electron chi connectivity index (χ0n) is 19.3. The minimum absolute atomic E-state index is 0.0323. The highest BCUT2D eigenvalue weighted by molar-refractivity contribution is 14.1. The van der Waals surface area contributed by atoms with Crippen molar-refractivity contribution in [1.29, 1.82) is 0 Å². The molecule has 2 aromatic carbocycles. The van der Waals surface area contributed by atoms with Gasteiger partial charge in [-0.3, -0.25) is 0 Å². The van der Waals surface area contributed by atoms with Gasteiger partial charge in [-0.2, -0.15) is 0 Å². The largest absolute Gasteiger partial charge is 0.397 e. The summed E-state index contributed by atoms with van der Waals surface area (Å²) in [4.78, 5) is 0. The predicted molar refractivity (Wildman–Crippen MR) is 138 cm³/mol. The lowest BCUT2D eigenvalue weighted by Gasteiger charge is -2.45. The van der Waals surface area contributed by atoms with Crippen molar-refractivity contribution in [3.63, 3.8) is 0 Å². The van der Waals surface area contributed by atoms with Gasteiger partial charge in [-0.1, -0.05) is 88.4 Å². The van der Waals surface area contributed by atoms with E-state index in [0.717, 1.165) is 6.42 Å². The number of benzene rings is 2. The maximum absolute atomic E-state index is 7.46. The minimum atomic E-state index is -2.68. The Kier molecular flexibility index (Phi) is 6.29. The van der Waals surface area contributed by atoms with E-state index in [9.17, 15) is 0 Å². The van der Waals surface area contributed by atoms with Gasteiger partial charge in [0.1, 0.15) is 18.3 Å². The Labute approximate surface area is 201 Å². The molecule has 166 valence electrons. The quantitative estimate of drug-likeness (QED) is 0.362. The van der Waals surface area contributed by atoms with E-state index in [1.807, 2.05) is 13.8 Å². The zero-order valence-corrected chi connectivity index (χ0v) is 22.5. The highest BCUT2D eigenvalue weighted by Crippen LogP contribution is 2.48. The number of halogens is 1. The fourth-order valence-corrected chi connectivity index (χ4v) is 11.2. The van der Waals surface area contributed by atoms with Crippen LogP contribution in [-0.2, 0) is 13.9 Å². The van der Waals surface area contributed by atoms with Crippen molar-refractivity contribution >= 4 is 41.3 Å². The molecule has 0 unspecified atom stereocenters. The van der Waals surface area contributed by atoms with E-state index >= 15 is 0 Å².